The second-order valence-electron chi connectivity index (χ2n) is 4.06. The zero-order valence-corrected chi connectivity index (χ0v) is 10.1. The highest BCUT2D eigenvalue weighted by molar-refractivity contribution is 5.92. The number of hydrogen-bond acceptors (Lipinski definition) is 3. The molecule has 2 aromatic rings. The van der Waals surface area contributed by atoms with Crippen LogP contribution in [0, 0.1) is 0 Å². The number of aliphatic hydroxyl groups is 1. The van der Waals surface area contributed by atoms with E-state index in [1.807, 2.05) is 6.07 Å². The lowest BCUT2D eigenvalue weighted by Gasteiger charge is -2.01. The van der Waals surface area contributed by atoms with Gasteiger partial charge in [0.25, 0.3) is 0 Å². The number of aromatic carboxylic acids is 1. The predicted octanol–water partition coefficient (Wildman–Crippen LogP) is 1.62. The van der Waals surface area contributed by atoms with Gasteiger partial charge >= 0.3 is 5.97 Å². The van der Waals surface area contributed by atoms with Gasteiger partial charge < -0.3 is 15.2 Å². The third kappa shape index (κ3) is 2.71. The number of aromatic amines is 1. The Morgan fingerprint density at radius 2 is 2.16 bits per heavy atom. The first-order valence-electron chi connectivity index (χ1n) is 5.79. The van der Waals surface area contributed by atoms with Gasteiger partial charge in [-0.25, -0.2) is 4.79 Å². The molecule has 0 unspecified atom stereocenters. The molecule has 19 heavy (non-hydrogen) atoms. The largest absolute Gasteiger partial charge is 0.477 e. The first-order chi connectivity index (χ1) is 9.13. The first-order valence-corrected chi connectivity index (χ1v) is 5.79. The molecule has 0 bridgehead atoms. The van der Waals surface area contributed by atoms with Gasteiger partial charge in [-0.1, -0.05) is 18.2 Å². The van der Waals surface area contributed by atoms with Crippen molar-refractivity contribution < 1.29 is 15.0 Å². The molecule has 0 amide bonds. The molecule has 5 heteroatoms. The fourth-order valence-corrected chi connectivity index (χ4v) is 1.79. The van der Waals surface area contributed by atoms with Crippen LogP contribution in [0.1, 0.15) is 22.3 Å². The minimum atomic E-state index is -1.25. The van der Waals surface area contributed by atoms with Crippen LogP contribution in [0.5, 0.6) is 0 Å². The Morgan fingerprint density at radius 3 is 2.84 bits per heavy atom. The summed E-state index contributed by atoms with van der Waals surface area (Å²) in [7, 11) is 0. The molecule has 3 N–H and O–H groups in total. The van der Waals surface area contributed by atoms with Crippen molar-refractivity contribution in [2.24, 2.45) is 0 Å². The molecule has 0 atom stereocenters. The molecule has 0 aliphatic rings. The van der Waals surface area contributed by atoms with E-state index in [0.29, 0.717) is 17.3 Å². The normalized spacial score (nSPS) is 11.2. The van der Waals surface area contributed by atoms with Crippen LogP contribution in [0.3, 0.4) is 0 Å². The number of aromatic nitrogens is 1. The average Bonchev–Trinajstić information content (AvgIpc) is 2.39. The molecule has 0 saturated heterocycles. The van der Waals surface area contributed by atoms with Crippen molar-refractivity contribution in [3.8, 4) is 0 Å². The molecule has 1 aromatic carbocycles. The van der Waals surface area contributed by atoms with Crippen molar-refractivity contribution in [3.05, 3.63) is 51.8 Å². The first kappa shape index (κ1) is 13.0. The summed E-state index contributed by atoms with van der Waals surface area (Å²) in [5.74, 6) is -1.25. The molecule has 1 aromatic heterocycles. The zero-order valence-electron chi connectivity index (χ0n) is 10.1. The summed E-state index contributed by atoms with van der Waals surface area (Å²) in [5.41, 5.74) is 0.603. The van der Waals surface area contributed by atoms with Gasteiger partial charge in [-0.2, -0.15) is 0 Å². The lowest BCUT2D eigenvalue weighted by molar-refractivity contribution is 0.0695. The number of nitrogens with one attached hydrogen (secondary N) is 1. The minimum absolute atomic E-state index is 0.0633. The third-order valence-corrected chi connectivity index (χ3v) is 2.74. The molecule has 2 rings (SSSR count). The van der Waals surface area contributed by atoms with Crippen molar-refractivity contribution in [3.63, 3.8) is 0 Å². The predicted molar refractivity (Wildman–Crippen MR) is 72.3 cm³/mol. The van der Waals surface area contributed by atoms with Crippen LogP contribution >= 0.6 is 0 Å². The minimum Gasteiger partial charge on any atom is -0.477 e. The van der Waals surface area contributed by atoms with Gasteiger partial charge in [0.2, 0.25) is 5.43 Å². The maximum absolute atomic E-state index is 12.0. The Morgan fingerprint density at radius 1 is 1.37 bits per heavy atom. The van der Waals surface area contributed by atoms with Crippen molar-refractivity contribution in [2.45, 2.75) is 6.42 Å². The number of benzene rings is 1. The van der Waals surface area contributed by atoms with E-state index < -0.39 is 11.4 Å². The Labute approximate surface area is 108 Å². The maximum Gasteiger partial charge on any atom is 0.341 e. The van der Waals surface area contributed by atoms with E-state index in [9.17, 15) is 9.59 Å². The standard InChI is InChI=1S/C14H13NO4/c16-6-2-1-3-9-4-5-12-10(7-9)13(17)11(8-15-12)14(18)19/h1,3-5,7-8,16H,2,6H2,(H,15,17)(H,18,19). The van der Waals surface area contributed by atoms with Gasteiger partial charge in [-0.3, -0.25) is 4.79 Å². The fourth-order valence-electron chi connectivity index (χ4n) is 1.79. The van der Waals surface area contributed by atoms with E-state index in [4.69, 9.17) is 10.2 Å². The van der Waals surface area contributed by atoms with Gasteiger partial charge in [0, 0.05) is 23.7 Å². The number of fused-ring (bicyclic) bond motifs is 1. The Bertz CT molecular complexity index is 700. The third-order valence-electron chi connectivity index (χ3n) is 2.74. The highest BCUT2D eigenvalue weighted by atomic mass is 16.4. The number of aliphatic hydroxyl groups excluding tert-OH is 1. The van der Waals surface area contributed by atoms with Gasteiger partial charge in [-0.15, -0.1) is 0 Å². The summed E-state index contributed by atoms with van der Waals surface area (Å²) in [6.45, 7) is 0.0633. The Kier molecular flexibility index (Phi) is 3.77. The van der Waals surface area contributed by atoms with Crippen LogP contribution in [-0.2, 0) is 0 Å². The second-order valence-corrected chi connectivity index (χ2v) is 4.06. The van der Waals surface area contributed by atoms with E-state index in [1.54, 1.807) is 24.3 Å². The summed E-state index contributed by atoms with van der Waals surface area (Å²) in [6, 6.07) is 5.17. The van der Waals surface area contributed by atoms with E-state index >= 15 is 0 Å². The van der Waals surface area contributed by atoms with Crippen LogP contribution in [0.15, 0.2) is 35.3 Å². The van der Waals surface area contributed by atoms with Crippen LogP contribution in [0.4, 0.5) is 0 Å². The van der Waals surface area contributed by atoms with Crippen LogP contribution < -0.4 is 5.43 Å². The molecule has 98 valence electrons. The fraction of sp³-hybridized carbons (Fsp3) is 0.143. The highest BCUT2D eigenvalue weighted by Gasteiger charge is 2.11. The van der Waals surface area contributed by atoms with Gasteiger partial charge in [0.1, 0.15) is 5.56 Å². The van der Waals surface area contributed by atoms with Gasteiger partial charge in [0.05, 0.1) is 0 Å². The molecule has 0 radical (unpaired) electrons. The molecular weight excluding hydrogens is 246 g/mol. The van der Waals surface area contributed by atoms with Crippen LogP contribution in [0.2, 0.25) is 0 Å². The van der Waals surface area contributed by atoms with Crippen molar-refractivity contribution in [1.82, 2.24) is 4.98 Å². The van der Waals surface area contributed by atoms with E-state index in [-0.39, 0.29) is 12.2 Å². The molecule has 5 nitrogen and oxygen atoms in total. The number of H-pyrrole nitrogens is 1. The number of hydrogen-bond donors (Lipinski definition) is 3. The molecule has 0 aliphatic heterocycles. The molecule has 0 spiro atoms. The number of carboxylic acids is 1. The van der Waals surface area contributed by atoms with Crippen LogP contribution in [-0.4, -0.2) is 27.8 Å². The number of carbonyl (C=O) groups is 1. The lowest BCUT2D eigenvalue weighted by atomic mass is 10.1. The smallest absolute Gasteiger partial charge is 0.341 e. The summed E-state index contributed by atoms with van der Waals surface area (Å²) in [6.07, 6.45) is 5.30. The molecular formula is C14H13NO4. The van der Waals surface area contributed by atoms with Crippen molar-refractivity contribution in [1.29, 1.82) is 0 Å². The van der Waals surface area contributed by atoms with E-state index in [2.05, 4.69) is 4.98 Å². The highest BCUT2D eigenvalue weighted by Crippen LogP contribution is 2.12. The molecule has 0 fully saturated rings. The topological polar surface area (TPSA) is 90.4 Å². The zero-order chi connectivity index (χ0) is 13.8. The SMILES string of the molecule is O=C(O)c1c[nH]c2ccc(C=CCCO)cc2c1=O. The number of rotatable bonds is 4. The second kappa shape index (κ2) is 5.49. The maximum atomic E-state index is 12.0. The lowest BCUT2D eigenvalue weighted by Crippen LogP contribution is -2.15. The summed E-state index contributed by atoms with van der Waals surface area (Å²) in [4.78, 5) is 25.7. The summed E-state index contributed by atoms with van der Waals surface area (Å²) < 4.78 is 0. The number of carboxylic acid groups (broad SMARTS) is 1. The number of pyridine rings is 1. The van der Waals surface area contributed by atoms with E-state index in [1.165, 1.54) is 6.20 Å². The van der Waals surface area contributed by atoms with Gasteiger partial charge in [-0.05, 0) is 24.1 Å². The van der Waals surface area contributed by atoms with E-state index in [0.717, 1.165) is 5.56 Å². The average molecular weight is 259 g/mol. The van der Waals surface area contributed by atoms with Crippen LogP contribution in [0.25, 0.3) is 17.0 Å². The molecule has 0 saturated carbocycles. The quantitative estimate of drug-likeness (QED) is 0.778. The summed E-state index contributed by atoms with van der Waals surface area (Å²) >= 11 is 0. The van der Waals surface area contributed by atoms with Crippen molar-refractivity contribution >= 4 is 22.9 Å². The Hall–Kier alpha value is -2.40. The monoisotopic (exact) mass is 259 g/mol. The Balaban J connectivity index is 2.54. The molecule has 0 aliphatic carbocycles. The molecule has 1 heterocycles. The van der Waals surface area contributed by atoms with Gasteiger partial charge in [0.15, 0.2) is 0 Å². The summed E-state index contributed by atoms with van der Waals surface area (Å²) in [5, 5.41) is 17.9. The van der Waals surface area contributed by atoms with Crippen molar-refractivity contribution in [2.75, 3.05) is 6.61 Å².